The Kier molecular flexibility index (Phi) is 8.93. The van der Waals surface area contributed by atoms with Gasteiger partial charge in [0.2, 0.25) is 5.91 Å². The molecule has 0 radical (unpaired) electrons. The molecule has 2 heterocycles. The van der Waals surface area contributed by atoms with E-state index in [1.54, 1.807) is 7.05 Å². The molecule has 150 valence electrons. The molecule has 0 aromatic carbocycles. The van der Waals surface area contributed by atoms with Gasteiger partial charge in [-0.25, -0.2) is 0 Å². The van der Waals surface area contributed by atoms with Crippen LogP contribution in [-0.2, 0) is 4.79 Å². The van der Waals surface area contributed by atoms with Crippen molar-refractivity contribution in [2.75, 3.05) is 46.3 Å². The van der Waals surface area contributed by atoms with Gasteiger partial charge in [-0.2, -0.15) is 0 Å². The molecule has 1 saturated carbocycles. The van der Waals surface area contributed by atoms with Crippen LogP contribution >= 0.6 is 24.0 Å². The van der Waals surface area contributed by atoms with Crippen molar-refractivity contribution in [2.45, 2.75) is 51.5 Å². The maximum atomic E-state index is 11.6. The second kappa shape index (κ2) is 10.7. The SMILES string of the molecule is CCNC(=NCC1CCN(C2CC2)C1)N1CCC(CC(=O)NC)CC1.I. The zero-order chi connectivity index (χ0) is 17.6. The summed E-state index contributed by atoms with van der Waals surface area (Å²) in [7, 11) is 1.72. The second-order valence-electron chi connectivity index (χ2n) is 7.88. The molecule has 2 saturated heterocycles. The molecule has 3 fully saturated rings. The topological polar surface area (TPSA) is 60.0 Å². The number of nitrogens with one attached hydrogen (secondary N) is 2. The van der Waals surface area contributed by atoms with Crippen molar-refractivity contribution < 1.29 is 4.79 Å². The lowest BCUT2D eigenvalue weighted by Crippen LogP contribution is -2.46. The molecular weight excluding hydrogens is 441 g/mol. The first-order valence-electron chi connectivity index (χ1n) is 10.2. The number of halogens is 1. The average Bonchev–Trinajstić information content (AvgIpc) is 3.38. The maximum absolute atomic E-state index is 11.6. The molecule has 2 aliphatic heterocycles. The first-order valence-corrected chi connectivity index (χ1v) is 10.2. The van der Waals surface area contributed by atoms with Gasteiger partial charge in [-0.1, -0.05) is 0 Å². The van der Waals surface area contributed by atoms with Crippen LogP contribution in [0, 0.1) is 11.8 Å². The van der Waals surface area contributed by atoms with Gasteiger partial charge in [-0.3, -0.25) is 9.79 Å². The van der Waals surface area contributed by atoms with Crippen molar-refractivity contribution in [1.29, 1.82) is 0 Å². The summed E-state index contributed by atoms with van der Waals surface area (Å²) < 4.78 is 0. The first-order chi connectivity index (χ1) is 12.2. The van der Waals surface area contributed by atoms with E-state index in [4.69, 9.17) is 4.99 Å². The number of likely N-dealkylation sites (tertiary alicyclic amines) is 2. The molecule has 1 aliphatic carbocycles. The van der Waals surface area contributed by atoms with Gasteiger partial charge in [0.15, 0.2) is 5.96 Å². The Morgan fingerprint density at radius 1 is 1.08 bits per heavy atom. The smallest absolute Gasteiger partial charge is 0.220 e. The molecule has 0 bridgehead atoms. The number of amides is 1. The summed E-state index contributed by atoms with van der Waals surface area (Å²) in [5.41, 5.74) is 0. The largest absolute Gasteiger partial charge is 0.359 e. The highest BCUT2D eigenvalue weighted by Crippen LogP contribution is 2.31. The fourth-order valence-electron chi connectivity index (χ4n) is 4.14. The van der Waals surface area contributed by atoms with Crippen LogP contribution in [0.2, 0.25) is 0 Å². The number of hydrogen-bond acceptors (Lipinski definition) is 3. The van der Waals surface area contributed by atoms with Gasteiger partial charge in [0.25, 0.3) is 0 Å². The van der Waals surface area contributed by atoms with Gasteiger partial charge in [0.05, 0.1) is 0 Å². The minimum atomic E-state index is 0. The summed E-state index contributed by atoms with van der Waals surface area (Å²) in [5.74, 6) is 2.48. The van der Waals surface area contributed by atoms with Gasteiger partial charge < -0.3 is 20.4 Å². The lowest BCUT2D eigenvalue weighted by atomic mass is 9.93. The fraction of sp³-hybridized carbons (Fsp3) is 0.895. The quantitative estimate of drug-likeness (QED) is 0.349. The minimum Gasteiger partial charge on any atom is -0.359 e. The third kappa shape index (κ3) is 6.25. The van der Waals surface area contributed by atoms with Crippen molar-refractivity contribution in [3.63, 3.8) is 0 Å². The van der Waals surface area contributed by atoms with Crippen LogP contribution in [-0.4, -0.2) is 74.0 Å². The van der Waals surface area contributed by atoms with E-state index in [-0.39, 0.29) is 29.9 Å². The zero-order valence-electron chi connectivity index (χ0n) is 16.4. The average molecular weight is 477 g/mol. The van der Waals surface area contributed by atoms with E-state index in [9.17, 15) is 4.79 Å². The van der Waals surface area contributed by atoms with Gasteiger partial charge in [0, 0.05) is 52.2 Å². The maximum Gasteiger partial charge on any atom is 0.220 e. The highest BCUT2D eigenvalue weighted by atomic mass is 127. The predicted octanol–water partition coefficient (Wildman–Crippen LogP) is 1.90. The Labute approximate surface area is 175 Å². The predicted molar refractivity (Wildman–Crippen MR) is 117 cm³/mol. The number of guanidine groups is 1. The number of carbonyl (C=O) groups is 1. The van der Waals surface area contributed by atoms with Crippen LogP contribution in [0.4, 0.5) is 0 Å². The molecule has 3 rings (SSSR count). The van der Waals surface area contributed by atoms with Gasteiger partial charge in [0.1, 0.15) is 0 Å². The fourth-order valence-corrected chi connectivity index (χ4v) is 4.14. The number of nitrogens with zero attached hydrogens (tertiary/aromatic N) is 3. The van der Waals surface area contributed by atoms with Crippen LogP contribution < -0.4 is 10.6 Å². The molecule has 0 aromatic heterocycles. The van der Waals surface area contributed by atoms with E-state index >= 15 is 0 Å². The van der Waals surface area contributed by atoms with Crippen LogP contribution in [0.1, 0.15) is 45.4 Å². The van der Waals surface area contributed by atoms with Crippen LogP contribution in [0.15, 0.2) is 4.99 Å². The monoisotopic (exact) mass is 477 g/mol. The van der Waals surface area contributed by atoms with E-state index < -0.39 is 0 Å². The van der Waals surface area contributed by atoms with Crippen LogP contribution in [0.25, 0.3) is 0 Å². The van der Waals surface area contributed by atoms with Crippen molar-refractivity contribution in [1.82, 2.24) is 20.4 Å². The first kappa shape index (κ1) is 21.7. The van der Waals surface area contributed by atoms with Crippen molar-refractivity contribution in [3.05, 3.63) is 0 Å². The molecule has 6 nitrogen and oxygen atoms in total. The summed E-state index contributed by atoms with van der Waals surface area (Å²) in [6, 6.07) is 0.890. The molecular formula is C19H36IN5O. The summed E-state index contributed by atoms with van der Waals surface area (Å²) in [5, 5.41) is 6.21. The zero-order valence-corrected chi connectivity index (χ0v) is 18.7. The van der Waals surface area contributed by atoms with E-state index in [2.05, 4.69) is 27.4 Å². The molecule has 26 heavy (non-hydrogen) atoms. The van der Waals surface area contributed by atoms with Crippen LogP contribution in [0.3, 0.4) is 0 Å². The number of hydrogen-bond donors (Lipinski definition) is 2. The Hall–Kier alpha value is -0.570. The van der Waals surface area contributed by atoms with Gasteiger partial charge in [-0.05, 0) is 57.4 Å². The Morgan fingerprint density at radius 3 is 2.38 bits per heavy atom. The lowest BCUT2D eigenvalue weighted by Gasteiger charge is -2.34. The third-order valence-corrected chi connectivity index (χ3v) is 5.88. The molecule has 2 N–H and O–H groups in total. The summed E-state index contributed by atoms with van der Waals surface area (Å²) in [6.45, 7) is 8.52. The number of piperidine rings is 1. The van der Waals surface area contributed by atoms with Crippen molar-refractivity contribution >= 4 is 35.8 Å². The Bertz CT molecular complexity index is 475. The molecule has 7 heteroatoms. The van der Waals surface area contributed by atoms with E-state index in [1.165, 1.54) is 32.4 Å². The van der Waals surface area contributed by atoms with E-state index in [0.717, 1.165) is 56.9 Å². The molecule has 0 spiro atoms. The van der Waals surface area contributed by atoms with Crippen molar-refractivity contribution in [3.8, 4) is 0 Å². The van der Waals surface area contributed by atoms with E-state index in [0.29, 0.717) is 12.3 Å². The minimum absolute atomic E-state index is 0. The van der Waals surface area contributed by atoms with Crippen molar-refractivity contribution in [2.24, 2.45) is 16.8 Å². The molecule has 1 amide bonds. The summed E-state index contributed by atoms with van der Waals surface area (Å²) in [6.07, 6.45) is 6.94. The highest BCUT2D eigenvalue weighted by Gasteiger charge is 2.34. The third-order valence-electron chi connectivity index (χ3n) is 5.88. The number of carbonyl (C=O) groups excluding carboxylic acids is 1. The Morgan fingerprint density at radius 2 is 1.77 bits per heavy atom. The summed E-state index contributed by atoms with van der Waals surface area (Å²) in [4.78, 5) is 21.6. The highest BCUT2D eigenvalue weighted by molar-refractivity contribution is 14.0. The second-order valence-corrected chi connectivity index (χ2v) is 7.88. The van der Waals surface area contributed by atoms with E-state index in [1.807, 2.05) is 0 Å². The number of aliphatic imine (C=N–C) groups is 1. The summed E-state index contributed by atoms with van der Waals surface area (Å²) >= 11 is 0. The van der Waals surface area contributed by atoms with Crippen LogP contribution in [0.5, 0.6) is 0 Å². The standard InChI is InChI=1S/C19H35N5O.HI/c1-3-21-19(22-13-16-8-11-24(14-16)17-4-5-17)23-9-6-15(7-10-23)12-18(25)20-2;/h15-17H,3-14H2,1-2H3,(H,20,25)(H,21,22);1H. The molecule has 3 aliphatic rings. The molecule has 1 unspecified atom stereocenters. The molecule has 0 aromatic rings. The van der Waals surface area contributed by atoms with Gasteiger partial charge in [-0.15, -0.1) is 24.0 Å². The van der Waals surface area contributed by atoms with Gasteiger partial charge >= 0.3 is 0 Å². The normalized spacial score (nSPS) is 25.1. The lowest BCUT2D eigenvalue weighted by molar-refractivity contribution is -0.121. The number of rotatable bonds is 6. The Balaban J connectivity index is 0.00000243. The molecule has 1 atom stereocenters.